The van der Waals surface area contributed by atoms with Gasteiger partial charge in [0.25, 0.3) is 0 Å². The summed E-state index contributed by atoms with van der Waals surface area (Å²) in [6.45, 7) is 2.69. The zero-order valence-electron chi connectivity index (χ0n) is 11.8. The number of halogens is 1. The number of aromatic nitrogens is 3. The summed E-state index contributed by atoms with van der Waals surface area (Å²) in [7, 11) is 0. The Hall–Kier alpha value is -1.40. The molecule has 1 aromatic carbocycles. The Balaban J connectivity index is 1.38. The third-order valence-corrected chi connectivity index (χ3v) is 4.42. The SMILES string of the molecule is Fc1ccc(SCCn2cc(CNCC3CC3)nn2)cc1. The Morgan fingerprint density at radius 3 is 2.86 bits per heavy atom. The van der Waals surface area contributed by atoms with E-state index in [2.05, 4.69) is 15.6 Å². The molecule has 6 heteroatoms. The molecule has 0 unspecified atom stereocenters. The van der Waals surface area contributed by atoms with Crippen molar-refractivity contribution in [1.29, 1.82) is 0 Å². The predicted molar refractivity (Wildman–Crippen MR) is 81.6 cm³/mol. The number of nitrogens with zero attached hydrogens (tertiary/aromatic N) is 3. The maximum Gasteiger partial charge on any atom is 0.123 e. The molecule has 0 radical (unpaired) electrons. The number of hydrogen-bond acceptors (Lipinski definition) is 4. The number of aryl methyl sites for hydroxylation is 1. The maximum absolute atomic E-state index is 12.8. The molecule has 4 nitrogen and oxygen atoms in total. The molecule has 112 valence electrons. The Bertz CT molecular complexity index is 565. The quantitative estimate of drug-likeness (QED) is 0.762. The molecule has 1 N–H and O–H groups in total. The van der Waals surface area contributed by atoms with E-state index in [4.69, 9.17) is 0 Å². The third kappa shape index (κ3) is 4.82. The molecular formula is C15H19FN4S. The van der Waals surface area contributed by atoms with Crippen molar-refractivity contribution in [2.45, 2.75) is 30.8 Å². The molecule has 0 aliphatic heterocycles. The Morgan fingerprint density at radius 2 is 2.10 bits per heavy atom. The van der Waals surface area contributed by atoms with Crippen LogP contribution in [0, 0.1) is 11.7 Å². The fourth-order valence-electron chi connectivity index (χ4n) is 2.04. The summed E-state index contributed by atoms with van der Waals surface area (Å²) in [6.07, 6.45) is 4.71. The molecule has 1 aliphatic carbocycles. The van der Waals surface area contributed by atoms with Gasteiger partial charge in [0.1, 0.15) is 5.82 Å². The van der Waals surface area contributed by atoms with Crippen LogP contribution in [0.15, 0.2) is 35.4 Å². The third-order valence-electron chi connectivity index (χ3n) is 3.42. The Labute approximate surface area is 128 Å². The molecule has 0 amide bonds. The topological polar surface area (TPSA) is 42.7 Å². The standard InChI is InChI=1S/C15H19FN4S/c16-13-3-5-15(6-4-13)21-8-7-20-11-14(18-19-20)10-17-9-12-1-2-12/h3-6,11-12,17H,1-2,7-10H2. The van der Waals surface area contributed by atoms with E-state index in [1.807, 2.05) is 10.9 Å². The average Bonchev–Trinajstić information content (AvgIpc) is 3.20. The minimum absolute atomic E-state index is 0.195. The van der Waals surface area contributed by atoms with Gasteiger partial charge >= 0.3 is 0 Å². The lowest BCUT2D eigenvalue weighted by molar-refractivity contribution is 0.623. The molecule has 0 atom stereocenters. The van der Waals surface area contributed by atoms with Crippen molar-refractivity contribution in [1.82, 2.24) is 20.3 Å². The predicted octanol–water partition coefficient (Wildman–Crippen LogP) is 2.71. The second-order valence-electron chi connectivity index (χ2n) is 5.35. The lowest BCUT2D eigenvalue weighted by atomic mass is 10.4. The molecule has 3 rings (SSSR count). The summed E-state index contributed by atoms with van der Waals surface area (Å²) in [4.78, 5) is 1.07. The highest BCUT2D eigenvalue weighted by molar-refractivity contribution is 7.99. The Morgan fingerprint density at radius 1 is 1.29 bits per heavy atom. The van der Waals surface area contributed by atoms with Gasteiger partial charge < -0.3 is 5.32 Å². The van der Waals surface area contributed by atoms with Gasteiger partial charge in [0.05, 0.1) is 12.2 Å². The molecule has 1 saturated carbocycles. The second-order valence-corrected chi connectivity index (χ2v) is 6.52. The van der Waals surface area contributed by atoms with Gasteiger partial charge in [-0.25, -0.2) is 4.39 Å². The van der Waals surface area contributed by atoms with Gasteiger partial charge in [0.2, 0.25) is 0 Å². The van der Waals surface area contributed by atoms with Crippen LogP contribution in [-0.4, -0.2) is 27.3 Å². The van der Waals surface area contributed by atoms with Crippen molar-refractivity contribution in [2.75, 3.05) is 12.3 Å². The van der Waals surface area contributed by atoms with Crippen LogP contribution in [0.25, 0.3) is 0 Å². The van der Waals surface area contributed by atoms with E-state index in [0.29, 0.717) is 0 Å². The van der Waals surface area contributed by atoms with E-state index < -0.39 is 0 Å². The lowest BCUT2D eigenvalue weighted by Crippen LogP contribution is -2.16. The molecule has 1 heterocycles. The number of rotatable bonds is 8. The second kappa shape index (κ2) is 7.04. The fourth-order valence-corrected chi connectivity index (χ4v) is 2.89. The first-order chi connectivity index (χ1) is 10.3. The number of thioether (sulfide) groups is 1. The van der Waals surface area contributed by atoms with Crippen molar-refractivity contribution >= 4 is 11.8 Å². The largest absolute Gasteiger partial charge is 0.311 e. The molecule has 2 aromatic rings. The van der Waals surface area contributed by atoms with Crippen LogP contribution in [0.1, 0.15) is 18.5 Å². The zero-order valence-corrected chi connectivity index (χ0v) is 12.7. The monoisotopic (exact) mass is 306 g/mol. The molecule has 1 aromatic heterocycles. The van der Waals surface area contributed by atoms with Crippen LogP contribution in [0.4, 0.5) is 4.39 Å². The van der Waals surface area contributed by atoms with E-state index >= 15 is 0 Å². The summed E-state index contributed by atoms with van der Waals surface area (Å²) in [5, 5.41) is 11.7. The van der Waals surface area contributed by atoms with Gasteiger partial charge in [0, 0.05) is 23.4 Å². The van der Waals surface area contributed by atoms with Gasteiger partial charge in [-0.15, -0.1) is 16.9 Å². The zero-order chi connectivity index (χ0) is 14.5. The minimum Gasteiger partial charge on any atom is -0.311 e. The summed E-state index contributed by atoms with van der Waals surface area (Å²) in [5.41, 5.74) is 0.988. The number of hydrogen-bond donors (Lipinski definition) is 1. The highest BCUT2D eigenvalue weighted by Gasteiger charge is 2.20. The number of nitrogens with one attached hydrogen (secondary N) is 1. The van der Waals surface area contributed by atoms with Crippen molar-refractivity contribution in [3.63, 3.8) is 0 Å². The summed E-state index contributed by atoms with van der Waals surface area (Å²) >= 11 is 1.69. The molecule has 1 aliphatic rings. The molecule has 21 heavy (non-hydrogen) atoms. The van der Waals surface area contributed by atoms with E-state index in [9.17, 15) is 4.39 Å². The van der Waals surface area contributed by atoms with Crippen LogP contribution in [0.5, 0.6) is 0 Å². The van der Waals surface area contributed by atoms with Gasteiger partial charge in [-0.1, -0.05) is 5.21 Å². The van der Waals surface area contributed by atoms with Crippen LogP contribution in [0.2, 0.25) is 0 Å². The molecule has 0 spiro atoms. The van der Waals surface area contributed by atoms with Crippen LogP contribution < -0.4 is 5.32 Å². The summed E-state index contributed by atoms with van der Waals surface area (Å²) < 4.78 is 14.7. The van der Waals surface area contributed by atoms with Crippen molar-refractivity contribution < 1.29 is 4.39 Å². The molecular weight excluding hydrogens is 287 g/mol. The summed E-state index contributed by atoms with van der Waals surface area (Å²) in [6, 6.07) is 6.58. The molecule has 0 bridgehead atoms. The first-order valence-corrected chi connectivity index (χ1v) is 8.26. The lowest BCUT2D eigenvalue weighted by Gasteiger charge is -2.01. The van der Waals surface area contributed by atoms with Crippen molar-refractivity contribution in [3.05, 3.63) is 42.0 Å². The van der Waals surface area contributed by atoms with Gasteiger partial charge in [0.15, 0.2) is 0 Å². The van der Waals surface area contributed by atoms with Crippen molar-refractivity contribution in [2.24, 2.45) is 5.92 Å². The first kappa shape index (κ1) is 14.5. The van der Waals surface area contributed by atoms with Crippen LogP contribution in [0.3, 0.4) is 0 Å². The average molecular weight is 306 g/mol. The highest BCUT2D eigenvalue weighted by Crippen LogP contribution is 2.27. The Kier molecular flexibility index (Phi) is 4.87. The minimum atomic E-state index is -0.195. The van der Waals surface area contributed by atoms with E-state index in [1.165, 1.54) is 25.0 Å². The summed E-state index contributed by atoms with van der Waals surface area (Å²) in [5.74, 6) is 1.58. The highest BCUT2D eigenvalue weighted by atomic mass is 32.2. The van der Waals surface area contributed by atoms with Gasteiger partial charge in [-0.05, 0) is 49.6 Å². The molecule has 0 saturated heterocycles. The van der Waals surface area contributed by atoms with Crippen LogP contribution in [-0.2, 0) is 13.1 Å². The van der Waals surface area contributed by atoms with Crippen LogP contribution >= 0.6 is 11.8 Å². The maximum atomic E-state index is 12.8. The molecule has 1 fully saturated rings. The van der Waals surface area contributed by atoms with Gasteiger partial charge in [-0.3, -0.25) is 4.68 Å². The normalized spacial score (nSPS) is 14.5. The smallest absolute Gasteiger partial charge is 0.123 e. The van der Waals surface area contributed by atoms with E-state index in [0.717, 1.165) is 41.9 Å². The van der Waals surface area contributed by atoms with E-state index in [-0.39, 0.29) is 5.82 Å². The van der Waals surface area contributed by atoms with Gasteiger partial charge in [-0.2, -0.15) is 0 Å². The number of benzene rings is 1. The first-order valence-electron chi connectivity index (χ1n) is 7.28. The van der Waals surface area contributed by atoms with Crippen molar-refractivity contribution in [3.8, 4) is 0 Å². The van der Waals surface area contributed by atoms with E-state index in [1.54, 1.807) is 23.9 Å². The fraction of sp³-hybridized carbons (Fsp3) is 0.467.